The number of carbonyl (C=O) groups is 2. The summed E-state index contributed by atoms with van der Waals surface area (Å²) in [6.07, 6.45) is 3.28. The van der Waals surface area contributed by atoms with Crippen LogP contribution >= 0.6 is 0 Å². The van der Waals surface area contributed by atoms with Crippen molar-refractivity contribution in [3.63, 3.8) is 0 Å². The molecule has 7 heteroatoms. The van der Waals surface area contributed by atoms with Crippen molar-refractivity contribution in [2.45, 2.75) is 0 Å². The average molecular weight is 434 g/mol. The summed E-state index contributed by atoms with van der Waals surface area (Å²) in [5.41, 5.74) is 3.38. The molecule has 0 unspecified atom stereocenters. The van der Waals surface area contributed by atoms with Crippen molar-refractivity contribution in [3.05, 3.63) is 102 Å². The second-order valence-corrected chi connectivity index (χ2v) is 6.85. The molecule has 154 valence electrons. The largest absolute Gasteiger partial charge is 1.00 e. The van der Waals surface area contributed by atoms with Crippen LogP contribution in [0.15, 0.2) is 91.3 Å². The van der Waals surface area contributed by atoms with E-state index < -0.39 is 11.9 Å². The number of anilines is 1. The third kappa shape index (κ3) is 5.06. The molecule has 0 aliphatic heterocycles. The zero-order chi connectivity index (χ0) is 21.8. The van der Waals surface area contributed by atoms with Gasteiger partial charge in [0.15, 0.2) is 0 Å². The minimum absolute atomic E-state index is 0. The van der Waals surface area contributed by atoms with Crippen LogP contribution in [-0.4, -0.2) is 27.1 Å². The smallest absolute Gasteiger partial charge is 1.00 e. The number of hydrogen-bond donors (Lipinski definition) is 3. The van der Waals surface area contributed by atoms with Crippen LogP contribution in [0.1, 0.15) is 22.1 Å². The molecule has 0 fully saturated rings. The van der Waals surface area contributed by atoms with Gasteiger partial charge in [-0.1, -0.05) is 42.5 Å². The molecule has 0 aliphatic rings. The van der Waals surface area contributed by atoms with Crippen LogP contribution in [0.3, 0.4) is 0 Å². The molecule has 3 N–H and O–H groups in total. The fourth-order valence-corrected chi connectivity index (χ4v) is 3.28. The summed E-state index contributed by atoms with van der Waals surface area (Å²) in [4.78, 5) is 28.4. The number of amides is 1. The van der Waals surface area contributed by atoms with Crippen LogP contribution in [-0.2, 0) is 0 Å². The van der Waals surface area contributed by atoms with Gasteiger partial charge in [0.1, 0.15) is 5.75 Å². The molecule has 4 rings (SSSR count). The molecule has 0 radical (unpaired) electrons. The topological polar surface area (TPSA) is 99.5 Å². The Hall–Kier alpha value is -3.45. The maximum absolute atomic E-state index is 12.8. The molecule has 4 aromatic rings. The summed E-state index contributed by atoms with van der Waals surface area (Å²) in [6, 6.07) is 22.5. The van der Waals surface area contributed by atoms with Crippen molar-refractivity contribution in [1.29, 1.82) is 0 Å². The first-order valence-electron chi connectivity index (χ1n) is 9.50. The molecule has 0 aliphatic carbocycles. The van der Waals surface area contributed by atoms with Crippen LogP contribution in [0.4, 0.5) is 5.69 Å². The summed E-state index contributed by atoms with van der Waals surface area (Å²) in [5.74, 6) is -1.97. The number of phenols is 1. The van der Waals surface area contributed by atoms with E-state index in [0.717, 1.165) is 22.3 Å². The van der Waals surface area contributed by atoms with Crippen molar-refractivity contribution in [2.75, 3.05) is 5.32 Å². The molecule has 3 aromatic carbocycles. The van der Waals surface area contributed by atoms with Gasteiger partial charge in [-0.15, -0.1) is 0 Å². The monoisotopic (exact) mass is 434 g/mol. The number of aromatic carboxylic acids is 1. The zero-order valence-corrected chi connectivity index (χ0v) is 19.3. The van der Waals surface area contributed by atoms with Crippen LogP contribution in [0.2, 0.25) is 0 Å². The molecule has 32 heavy (non-hydrogen) atoms. The fraction of sp³-hybridized carbons (Fsp3) is 0. The number of aromatic hydroxyl groups is 1. The molecule has 0 saturated heterocycles. The number of rotatable bonds is 5. The van der Waals surface area contributed by atoms with E-state index in [1.807, 2.05) is 30.3 Å². The Morgan fingerprint density at radius 1 is 0.750 bits per heavy atom. The van der Waals surface area contributed by atoms with Gasteiger partial charge < -0.3 is 17.0 Å². The number of pyridine rings is 1. The predicted molar refractivity (Wildman–Crippen MR) is 119 cm³/mol. The van der Waals surface area contributed by atoms with Gasteiger partial charge in [-0.2, -0.15) is 0 Å². The number of aromatic nitrogens is 1. The normalized spacial score (nSPS) is 10.1. The number of hydrogen-bond acceptors (Lipinski definition) is 4. The Kier molecular flexibility index (Phi) is 7.43. The Morgan fingerprint density at radius 2 is 1.34 bits per heavy atom. The Bertz CT molecular complexity index is 1270. The summed E-state index contributed by atoms with van der Waals surface area (Å²) in [6.45, 7) is 0. The van der Waals surface area contributed by atoms with Crippen molar-refractivity contribution >= 4 is 17.6 Å². The SMILES string of the molecule is O=C(Nc1cc(-c2ccccc2)ccc1C(=O)O)c1ccc(-c2ccncc2)cc1O.[H-].[Na+]. The summed E-state index contributed by atoms with van der Waals surface area (Å²) >= 11 is 0. The molecule has 1 aromatic heterocycles. The van der Waals surface area contributed by atoms with E-state index >= 15 is 0 Å². The predicted octanol–water partition coefficient (Wildman–Crippen LogP) is 2.19. The van der Waals surface area contributed by atoms with Gasteiger partial charge in [0.2, 0.25) is 0 Å². The third-order valence-corrected chi connectivity index (χ3v) is 4.86. The van der Waals surface area contributed by atoms with Crippen molar-refractivity contribution < 1.29 is 50.8 Å². The van der Waals surface area contributed by atoms with E-state index in [1.54, 1.807) is 42.7 Å². The molecule has 6 nitrogen and oxygen atoms in total. The molecular weight excluding hydrogens is 415 g/mol. The van der Waals surface area contributed by atoms with Gasteiger partial charge in [0.05, 0.1) is 16.8 Å². The molecule has 0 atom stereocenters. The maximum Gasteiger partial charge on any atom is 1.00 e. The van der Waals surface area contributed by atoms with Gasteiger partial charge in [-0.25, -0.2) is 4.79 Å². The van der Waals surface area contributed by atoms with Crippen molar-refractivity contribution in [3.8, 4) is 28.0 Å². The standard InChI is InChI=1S/C25H18N2O4.Na.H/c28-23-15-19(17-10-12-26-13-11-17)7-9-21(23)24(29)27-22-14-18(6-8-20(22)25(30)31)16-4-2-1-3-5-16;;/h1-15,28H,(H,27,29)(H,30,31);;/q;+1;-1. The fourth-order valence-electron chi connectivity index (χ4n) is 3.28. The first kappa shape index (κ1) is 23.2. The zero-order valence-electron chi connectivity index (χ0n) is 18.3. The van der Waals surface area contributed by atoms with E-state index in [9.17, 15) is 19.8 Å². The minimum atomic E-state index is -1.16. The van der Waals surface area contributed by atoms with Gasteiger partial charge in [0.25, 0.3) is 5.91 Å². The van der Waals surface area contributed by atoms with Crippen molar-refractivity contribution in [1.82, 2.24) is 4.98 Å². The van der Waals surface area contributed by atoms with Crippen molar-refractivity contribution in [2.24, 2.45) is 0 Å². The number of carbonyl (C=O) groups excluding carboxylic acids is 1. The summed E-state index contributed by atoms with van der Waals surface area (Å²) < 4.78 is 0. The summed E-state index contributed by atoms with van der Waals surface area (Å²) in [7, 11) is 0. The second-order valence-electron chi connectivity index (χ2n) is 6.85. The Labute approximate surface area is 208 Å². The molecule has 0 spiro atoms. The number of benzene rings is 3. The second kappa shape index (κ2) is 10.2. The first-order valence-corrected chi connectivity index (χ1v) is 9.50. The van der Waals surface area contributed by atoms with E-state index in [2.05, 4.69) is 10.3 Å². The Morgan fingerprint density at radius 3 is 1.97 bits per heavy atom. The van der Waals surface area contributed by atoms with E-state index in [1.165, 1.54) is 18.2 Å². The molecular formula is C25H19N2NaO4. The van der Waals surface area contributed by atoms with Crippen LogP contribution in [0.5, 0.6) is 5.75 Å². The van der Waals surface area contributed by atoms with Gasteiger partial charge in [0, 0.05) is 12.4 Å². The Balaban J connectivity index is 0.00000193. The summed E-state index contributed by atoms with van der Waals surface area (Å²) in [5, 5.41) is 22.6. The number of nitrogens with one attached hydrogen (secondary N) is 1. The number of carboxylic acids is 1. The quantitative estimate of drug-likeness (QED) is 0.418. The number of carboxylic acid groups (broad SMARTS) is 1. The van der Waals surface area contributed by atoms with Gasteiger partial charge in [-0.05, 0) is 58.7 Å². The van der Waals surface area contributed by atoms with Gasteiger partial charge in [-0.3, -0.25) is 9.78 Å². The number of nitrogens with zero attached hydrogens (tertiary/aromatic N) is 1. The number of phenolic OH excluding ortho intramolecular Hbond substituents is 1. The minimum Gasteiger partial charge on any atom is -1.00 e. The third-order valence-electron chi connectivity index (χ3n) is 4.86. The van der Waals surface area contributed by atoms with Crippen LogP contribution < -0.4 is 34.9 Å². The first-order chi connectivity index (χ1) is 15.0. The molecule has 0 bridgehead atoms. The molecule has 1 amide bonds. The maximum atomic E-state index is 12.8. The van der Waals surface area contributed by atoms with E-state index in [-0.39, 0.29) is 53.5 Å². The van der Waals surface area contributed by atoms with E-state index in [4.69, 9.17) is 0 Å². The van der Waals surface area contributed by atoms with Crippen LogP contribution in [0, 0.1) is 0 Å². The van der Waals surface area contributed by atoms with Gasteiger partial charge >= 0.3 is 35.5 Å². The van der Waals surface area contributed by atoms with E-state index in [0.29, 0.717) is 0 Å². The molecule has 0 saturated carbocycles. The average Bonchev–Trinajstić information content (AvgIpc) is 2.80. The molecule has 1 heterocycles. The van der Waals surface area contributed by atoms with Crippen LogP contribution in [0.25, 0.3) is 22.3 Å².